The number of nitrogens with zero attached hydrogens (tertiary/aromatic N) is 4. The second-order valence-electron chi connectivity index (χ2n) is 9.35. The Morgan fingerprint density at radius 1 is 1.00 bits per heavy atom. The summed E-state index contributed by atoms with van der Waals surface area (Å²) in [6.45, 7) is 0. The summed E-state index contributed by atoms with van der Waals surface area (Å²) in [6, 6.07) is 16.8. The molecular formula is C27H22F3N7O3. The van der Waals surface area contributed by atoms with Gasteiger partial charge in [-0.05, 0) is 25.0 Å². The van der Waals surface area contributed by atoms with Gasteiger partial charge in [0.15, 0.2) is 5.69 Å². The van der Waals surface area contributed by atoms with E-state index in [4.69, 9.17) is 4.42 Å². The molecule has 6 rings (SSSR count). The molecular weight excluding hydrogens is 527 g/mol. The van der Waals surface area contributed by atoms with Gasteiger partial charge < -0.3 is 25.5 Å². The highest BCUT2D eigenvalue weighted by Gasteiger charge is 2.35. The summed E-state index contributed by atoms with van der Waals surface area (Å²) in [6.07, 6.45) is -4.71. The van der Waals surface area contributed by atoms with Crippen molar-refractivity contribution in [1.82, 2.24) is 15.2 Å². The second kappa shape index (κ2) is 10.1. The lowest BCUT2D eigenvalue weighted by Gasteiger charge is -2.34. The molecule has 4 N–H and O–H groups in total. The Bertz CT molecular complexity index is 1590. The van der Waals surface area contributed by atoms with Gasteiger partial charge in [0, 0.05) is 17.3 Å². The first-order chi connectivity index (χ1) is 19.3. The molecule has 0 spiro atoms. The number of aliphatic imine (C=N–C) groups is 1. The largest absolute Gasteiger partial charge is 0.417 e. The highest BCUT2D eigenvalue weighted by Crippen LogP contribution is 2.36. The van der Waals surface area contributed by atoms with Gasteiger partial charge in [0.05, 0.1) is 34.8 Å². The molecule has 1 amide bonds. The number of hydrogen-bond acceptors (Lipinski definition) is 9. The molecule has 1 aliphatic heterocycles. The number of amides is 1. The van der Waals surface area contributed by atoms with Crippen molar-refractivity contribution in [3.05, 3.63) is 83.6 Å². The van der Waals surface area contributed by atoms with Gasteiger partial charge in [-0.3, -0.25) is 4.79 Å². The molecule has 3 atom stereocenters. The summed E-state index contributed by atoms with van der Waals surface area (Å²) in [4.78, 5) is 21.7. The molecule has 40 heavy (non-hydrogen) atoms. The first-order valence-corrected chi connectivity index (χ1v) is 12.4. The third-order valence-corrected chi connectivity index (χ3v) is 6.68. The Balaban J connectivity index is 1.32. The number of alkyl halides is 3. The van der Waals surface area contributed by atoms with Crippen LogP contribution in [0.15, 0.2) is 76.3 Å². The molecule has 3 heterocycles. The van der Waals surface area contributed by atoms with Crippen molar-refractivity contribution in [3.63, 3.8) is 0 Å². The SMILES string of the molecule is O=C1Nc2ccccc2C(c2ccccc2)=N[C@@H]1Nc1nnc(-c2ncc(C(F)(F)F)cc2N[C@@H]2CC[C@@H]2O)o1. The first kappa shape index (κ1) is 25.5. The zero-order valence-electron chi connectivity index (χ0n) is 20.7. The fraction of sp³-hybridized carbons (Fsp3) is 0.222. The van der Waals surface area contributed by atoms with Crippen molar-refractivity contribution in [2.45, 2.75) is 37.3 Å². The van der Waals surface area contributed by atoms with E-state index in [-0.39, 0.29) is 23.3 Å². The minimum atomic E-state index is -4.62. The van der Waals surface area contributed by atoms with Gasteiger partial charge in [0.25, 0.3) is 11.8 Å². The van der Waals surface area contributed by atoms with Gasteiger partial charge in [-0.2, -0.15) is 13.2 Å². The predicted octanol–water partition coefficient (Wildman–Crippen LogP) is 4.31. The predicted molar refractivity (Wildman–Crippen MR) is 140 cm³/mol. The van der Waals surface area contributed by atoms with Crippen LogP contribution in [-0.2, 0) is 11.0 Å². The molecule has 0 saturated heterocycles. The van der Waals surface area contributed by atoms with E-state index in [1.165, 1.54) is 0 Å². The molecule has 0 unspecified atom stereocenters. The third kappa shape index (κ3) is 4.98. The van der Waals surface area contributed by atoms with Crippen molar-refractivity contribution < 1.29 is 27.5 Å². The normalized spacial score (nSPS) is 20.4. The third-order valence-electron chi connectivity index (χ3n) is 6.68. The van der Waals surface area contributed by atoms with Crippen LogP contribution in [0.5, 0.6) is 0 Å². The lowest BCUT2D eigenvalue weighted by molar-refractivity contribution is -0.137. The summed E-state index contributed by atoms with van der Waals surface area (Å²) in [5.74, 6) is -0.663. The number of hydrogen-bond donors (Lipinski definition) is 4. The van der Waals surface area contributed by atoms with Crippen LogP contribution in [0.1, 0.15) is 29.5 Å². The summed E-state index contributed by atoms with van der Waals surface area (Å²) in [5.41, 5.74) is 1.63. The number of benzene rings is 2. The zero-order valence-corrected chi connectivity index (χ0v) is 20.7. The summed E-state index contributed by atoms with van der Waals surface area (Å²) in [7, 11) is 0. The molecule has 1 aliphatic carbocycles. The average molecular weight is 550 g/mol. The molecule has 1 fully saturated rings. The molecule has 2 aromatic heterocycles. The van der Waals surface area contributed by atoms with E-state index < -0.39 is 36.0 Å². The molecule has 1 saturated carbocycles. The lowest BCUT2D eigenvalue weighted by atomic mass is 9.89. The monoisotopic (exact) mass is 549 g/mol. The van der Waals surface area contributed by atoms with Gasteiger partial charge in [-0.15, -0.1) is 5.10 Å². The fourth-order valence-corrected chi connectivity index (χ4v) is 4.43. The van der Waals surface area contributed by atoms with Crippen LogP contribution in [0.2, 0.25) is 0 Å². The maximum absolute atomic E-state index is 13.4. The molecule has 2 aliphatic rings. The molecule has 0 radical (unpaired) electrons. The summed E-state index contributed by atoms with van der Waals surface area (Å²) in [5, 5.41) is 26.4. The minimum Gasteiger partial charge on any atom is -0.402 e. The molecule has 204 valence electrons. The number of carbonyl (C=O) groups is 1. The number of aliphatic hydroxyl groups excluding tert-OH is 1. The quantitative estimate of drug-likeness (QED) is 0.279. The molecule has 10 nitrogen and oxygen atoms in total. The van der Waals surface area contributed by atoms with Gasteiger partial charge in [-0.25, -0.2) is 9.98 Å². The average Bonchev–Trinajstić information content (AvgIpc) is 3.36. The Morgan fingerprint density at radius 3 is 2.50 bits per heavy atom. The summed E-state index contributed by atoms with van der Waals surface area (Å²) < 4.78 is 45.8. The fourth-order valence-electron chi connectivity index (χ4n) is 4.43. The van der Waals surface area contributed by atoms with E-state index in [2.05, 4.69) is 36.1 Å². The number of benzodiazepines with no additional fused rings is 1. The van der Waals surface area contributed by atoms with E-state index in [1.807, 2.05) is 42.5 Å². The number of rotatable bonds is 6. The molecule has 0 bridgehead atoms. The van der Waals surface area contributed by atoms with Gasteiger partial charge in [0.1, 0.15) is 0 Å². The number of aromatic nitrogens is 3. The summed E-state index contributed by atoms with van der Waals surface area (Å²) >= 11 is 0. The number of para-hydroxylation sites is 1. The zero-order chi connectivity index (χ0) is 27.9. The van der Waals surface area contributed by atoms with Crippen LogP contribution < -0.4 is 16.0 Å². The highest BCUT2D eigenvalue weighted by molar-refractivity contribution is 6.19. The van der Waals surface area contributed by atoms with Gasteiger partial charge >= 0.3 is 12.2 Å². The van der Waals surface area contributed by atoms with Crippen LogP contribution >= 0.6 is 0 Å². The highest BCUT2D eigenvalue weighted by atomic mass is 19.4. The second-order valence-corrected chi connectivity index (χ2v) is 9.35. The molecule has 4 aromatic rings. The maximum Gasteiger partial charge on any atom is 0.417 e. The number of aliphatic hydroxyl groups is 1. The van der Waals surface area contributed by atoms with E-state index in [0.29, 0.717) is 30.4 Å². The standard InChI is InChI=1S/C27H22F3N7O3/c28-27(29,30)15-12-19(32-18-10-11-20(18)38)22(31-13-15)25-36-37-26(40-25)35-23-24(39)33-17-9-5-4-8-16(17)21(34-23)14-6-2-1-3-7-14/h1-9,12-13,18,20,23,32,38H,10-11H2,(H,33,39)(H,35,37)/t18-,20+,23-/m1/s1. The van der Waals surface area contributed by atoms with E-state index in [0.717, 1.165) is 17.2 Å². The number of nitrogens with one attached hydrogen (secondary N) is 3. The van der Waals surface area contributed by atoms with E-state index in [1.54, 1.807) is 12.1 Å². The number of halogens is 3. The van der Waals surface area contributed by atoms with Crippen molar-refractivity contribution in [2.24, 2.45) is 4.99 Å². The Morgan fingerprint density at radius 2 is 1.77 bits per heavy atom. The minimum absolute atomic E-state index is 0.0131. The van der Waals surface area contributed by atoms with Crippen molar-refractivity contribution >= 4 is 29.0 Å². The van der Waals surface area contributed by atoms with E-state index >= 15 is 0 Å². The topological polar surface area (TPSA) is 138 Å². The van der Waals surface area contributed by atoms with Crippen molar-refractivity contribution in [3.8, 4) is 11.6 Å². The van der Waals surface area contributed by atoms with Gasteiger partial charge in [0.2, 0.25) is 6.17 Å². The smallest absolute Gasteiger partial charge is 0.402 e. The Hall–Kier alpha value is -4.78. The van der Waals surface area contributed by atoms with Crippen molar-refractivity contribution in [2.75, 3.05) is 16.0 Å². The number of anilines is 3. The van der Waals surface area contributed by atoms with Crippen LogP contribution in [0.3, 0.4) is 0 Å². The van der Waals surface area contributed by atoms with Crippen LogP contribution in [-0.4, -0.2) is 50.2 Å². The van der Waals surface area contributed by atoms with Crippen LogP contribution in [0.4, 0.5) is 30.6 Å². The Kier molecular flexibility index (Phi) is 6.42. The van der Waals surface area contributed by atoms with Crippen molar-refractivity contribution in [1.29, 1.82) is 0 Å². The maximum atomic E-state index is 13.4. The van der Waals surface area contributed by atoms with Gasteiger partial charge in [-0.1, -0.05) is 53.6 Å². The van der Waals surface area contributed by atoms with Crippen LogP contribution in [0, 0.1) is 0 Å². The first-order valence-electron chi connectivity index (χ1n) is 12.4. The Labute approximate surface area is 225 Å². The molecule has 2 aromatic carbocycles. The number of fused-ring (bicyclic) bond motifs is 1. The van der Waals surface area contributed by atoms with Crippen LogP contribution in [0.25, 0.3) is 11.6 Å². The number of pyridine rings is 1. The lowest BCUT2D eigenvalue weighted by Crippen LogP contribution is -2.42. The molecule has 13 heteroatoms. The number of carbonyl (C=O) groups excluding carboxylic acids is 1. The van der Waals surface area contributed by atoms with E-state index in [9.17, 15) is 23.1 Å².